The number of halogens is 2. The molecule has 1 amide bonds. The van der Waals surface area contributed by atoms with Crippen LogP contribution in [0.1, 0.15) is 30.9 Å². The third-order valence-corrected chi connectivity index (χ3v) is 5.36. The summed E-state index contributed by atoms with van der Waals surface area (Å²) in [7, 11) is 1.61. The van der Waals surface area contributed by atoms with Crippen LogP contribution >= 0.6 is 24.0 Å². The maximum Gasteiger partial charge on any atom is 0.258 e. The number of carbonyl (C=O) groups is 1. The number of benzene rings is 2. The third-order valence-electron chi connectivity index (χ3n) is 5.02. The maximum atomic E-state index is 12.3. The van der Waals surface area contributed by atoms with Gasteiger partial charge in [-0.1, -0.05) is 36.2 Å². The van der Waals surface area contributed by atoms with Gasteiger partial charge in [0.05, 0.1) is 13.2 Å². The van der Waals surface area contributed by atoms with Crippen LogP contribution in [0.4, 0.5) is 0 Å². The van der Waals surface area contributed by atoms with E-state index in [1.165, 1.54) is 19.3 Å². The average molecular weight is 439 g/mol. The fourth-order valence-corrected chi connectivity index (χ4v) is 3.76. The largest absolute Gasteiger partial charge is 0.497 e. The first kappa shape index (κ1) is 23.3. The van der Waals surface area contributed by atoms with E-state index in [2.05, 4.69) is 10.2 Å². The Morgan fingerprint density at radius 1 is 1.07 bits per heavy atom. The van der Waals surface area contributed by atoms with E-state index in [4.69, 9.17) is 21.1 Å². The summed E-state index contributed by atoms with van der Waals surface area (Å²) in [5.41, 5.74) is 1.06. The number of likely N-dealkylation sites (tertiary alicyclic amines) is 1. The minimum Gasteiger partial charge on any atom is -0.497 e. The molecule has 1 unspecified atom stereocenters. The number of amides is 1. The minimum absolute atomic E-state index is 0. The highest BCUT2D eigenvalue weighted by atomic mass is 35.5. The number of hydrogen-bond acceptors (Lipinski definition) is 4. The molecule has 0 radical (unpaired) electrons. The molecule has 0 bridgehead atoms. The number of nitrogens with zero attached hydrogens (tertiary/aromatic N) is 1. The molecular formula is C22H28Cl2N2O3. The molecule has 29 heavy (non-hydrogen) atoms. The Kier molecular flexibility index (Phi) is 9.58. The number of methoxy groups -OCH3 is 1. The summed E-state index contributed by atoms with van der Waals surface area (Å²) < 4.78 is 10.7. The van der Waals surface area contributed by atoms with Crippen molar-refractivity contribution in [2.75, 3.05) is 33.4 Å². The summed E-state index contributed by atoms with van der Waals surface area (Å²) in [5.74, 6) is 1.24. The molecular weight excluding hydrogens is 411 g/mol. The van der Waals surface area contributed by atoms with E-state index in [9.17, 15) is 4.79 Å². The van der Waals surface area contributed by atoms with Crippen LogP contribution in [0, 0.1) is 0 Å². The van der Waals surface area contributed by atoms with Crippen LogP contribution in [0.25, 0.3) is 0 Å². The van der Waals surface area contributed by atoms with E-state index in [1.807, 2.05) is 24.3 Å². The van der Waals surface area contributed by atoms with E-state index < -0.39 is 0 Å². The van der Waals surface area contributed by atoms with E-state index in [0.717, 1.165) is 29.4 Å². The molecule has 0 aliphatic carbocycles. The summed E-state index contributed by atoms with van der Waals surface area (Å²) in [6.45, 7) is 2.53. The van der Waals surface area contributed by atoms with Crippen molar-refractivity contribution in [1.82, 2.24) is 10.2 Å². The number of hydrogen-bond donors (Lipinski definition) is 1. The minimum atomic E-state index is -0.148. The summed E-state index contributed by atoms with van der Waals surface area (Å²) in [6, 6.07) is 15.1. The number of ether oxygens (including phenoxy) is 2. The van der Waals surface area contributed by atoms with Gasteiger partial charge in [0.15, 0.2) is 6.61 Å². The predicted molar refractivity (Wildman–Crippen MR) is 118 cm³/mol. The molecule has 5 nitrogen and oxygen atoms in total. The molecule has 1 saturated heterocycles. The molecule has 1 N–H and O–H groups in total. The second-order valence-electron chi connectivity index (χ2n) is 6.90. The van der Waals surface area contributed by atoms with Gasteiger partial charge < -0.3 is 14.8 Å². The van der Waals surface area contributed by atoms with Crippen molar-refractivity contribution < 1.29 is 14.3 Å². The summed E-state index contributed by atoms with van der Waals surface area (Å²) >= 11 is 6.45. The normalized spacial score (nSPS) is 15.1. The zero-order chi connectivity index (χ0) is 19.8. The van der Waals surface area contributed by atoms with Gasteiger partial charge in [0.2, 0.25) is 0 Å². The zero-order valence-electron chi connectivity index (χ0n) is 16.6. The molecule has 1 fully saturated rings. The molecule has 1 heterocycles. The Morgan fingerprint density at radius 2 is 1.72 bits per heavy atom. The van der Waals surface area contributed by atoms with Crippen molar-refractivity contribution in [3.63, 3.8) is 0 Å². The lowest BCUT2D eigenvalue weighted by Crippen LogP contribution is -2.41. The molecule has 7 heteroatoms. The van der Waals surface area contributed by atoms with Gasteiger partial charge in [-0.3, -0.25) is 9.69 Å². The summed E-state index contributed by atoms with van der Waals surface area (Å²) in [4.78, 5) is 14.7. The lowest BCUT2D eigenvalue weighted by atomic mass is 10.0. The van der Waals surface area contributed by atoms with E-state index in [0.29, 0.717) is 12.3 Å². The number of piperidine rings is 1. The van der Waals surface area contributed by atoms with Crippen LogP contribution in [0.2, 0.25) is 5.02 Å². The lowest BCUT2D eigenvalue weighted by molar-refractivity contribution is -0.123. The number of carbonyl (C=O) groups excluding carboxylic acids is 1. The van der Waals surface area contributed by atoms with Gasteiger partial charge in [0, 0.05) is 11.6 Å². The van der Waals surface area contributed by atoms with Crippen molar-refractivity contribution >= 4 is 29.9 Å². The standard InChI is InChI=1S/C22H27ClN2O3.ClH/c1-27-17-9-11-18(12-10-17)28-16-22(26)24-15-21(25-13-5-2-6-14-25)19-7-3-4-8-20(19)23;/h3-4,7-12,21H,2,5-6,13-16H2,1H3,(H,24,26);1H. The Bertz CT molecular complexity index is 765. The van der Waals surface area contributed by atoms with E-state index in [1.54, 1.807) is 31.4 Å². The summed E-state index contributed by atoms with van der Waals surface area (Å²) in [6.07, 6.45) is 3.61. The summed E-state index contributed by atoms with van der Waals surface area (Å²) in [5, 5.41) is 3.75. The van der Waals surface area contributed by atoms with Crippen LogP contribution in [0.3, 0.4) is 0 Å². The molecule has 2 aromatic rings. The van der Waals surface area contributed by atoms with Gasteiger partial charge >= 0.3 is 0 Å². The Morgan fingerprint density at radius 3 is 2.38 bits per heavy atom. The Hall–Kier alpha value is -1.95. The smallest absolute Gasteiger partial charge is 0.258 e. The first-order valence-corrected chi connectivity index (χ1v) is 10.1. The molecule has 1 atom stereocenters. The zero-order valence-corrected chi connectivity index (χ0v) is 18.2. The quantitative estimate of drug-likeness (QED) is 0.659. The van der Waals surface area contributed by atoms with Crippen molar-refractivity contribution in [2.45, 2.75) is 25.3 Å². The Labute approximate surface area is 183 Å². The predicted octanol–water partition coefficient (Wildman–Crippen LogP) is 4.49. The second kappa shape index (κ2) is 11.9. The average Bonchev–Trinajstić information content (AvgIpc) is 2.74. The van der Waals surface area contributed by atoms with Crippen LogP contribution in [0.5, 0.6) is 11.5 Å². The van der Waals surface area contributed by atoms with Crippen molar-refractivity contribution in [2.24, 2.45) is 0 Å². The van der Waals surface area contributed by atoms with Gasteiger partial charge in [-0.2, -0.15) is 0 Å². The molecule has 0 spiro atoms. The van der Waals surface area contributed by atoms with Gasteiger partial charge in [-0.25, -0.2) is 0 Å². The highest BCUT2D eigenvalue weighted by Gasteiger charge is 2.24. The molecule has 3 rings (SSSR count). The van der Waals surface area contributed by atoms with Gasteiger partial charge in [0.25, 0.3) is 5.91 Å². The van der Waals surface area contributed by atoms with Gasteiger partial charge in [-0.15, -0.1) is 12.4 Å². The molecule has 1 aliphatic heterocycles. The highest BCUT2D eigenvalue weighted by molar-refractivity contribution is 6.31. The van der Waals surface area contributed by atoms with Crippen LogP contribution in [0.15, 0.2) is 48.5 Å². The van der Waals surface area contributed by atoms with Gasteiger partial charge in [0.1, 0.15) is 11.5 Å². The molecule has 2 aromatic carbocycles. The third kappa shape index (κ3) is 6.81. The van der Waals surface area contributed by atoms with Crippen molar-refractivity contribution in [3.05, 3.63) is 59.1 Å². The van der Waals surface area contributed by atoms with E-state index >= 15 is 0 Å². The molecule has 0 aromatic heterocycles. The molecule has 1 aliphatic rings. The van der Waals surface area contributed by atoms with E-state index in [-0.39, 0.29) is 31.0 Å². The SMILES string of the molecule is COc1ccc(OCC(=O)NCC(c2ccccc2Cl)N2CCCCC2)cc1.Cl. The fraction of sp³-hybridized carbons (Fsp3) is 0.409. The maximum absolute atomic E-state index is 12.3. The molecule has 158 valence electrons. The van der Waals surface area contributed by atoms with Gasteiger partial charge in [-0.05, 0) is 61.8 Å². The van der Waals surface area contributed by atoms with Crippen LogP contribution in [-0.4, -0.2) is 44.2 Å². The molecule has 0 saturated carbocycles. The number of rotatable bonds is 8. The first-order valence-electron chi connectivity index (χ1n) is 9.69. The van der Waals surface area contributed by atoms with Crippen LogP contribution < -0.4 is 14.8 Å². The monoisotopic (exact) mass is 438 g/mol. The first-order chi connectivity index (χ1) is 13.7. The van der Waals surface area contributed by atoms with Crippen molar-refractivity contribution in [1.29, 1.82) is 0 Å². The number of nitrogens with one attached hydrogen (secondary N) is 1. The fourth-order valence-electron chi connectivity index (χ4n) is 3.49. The van der Waals surface area contributed by atoms with Crippen molar-refractivity contribution in [3.8, 4) is 11.5 Å². The Balaban J connectivity index is 0.00000300. The highest BCUT2D eigenvalue weighted by Crippen LogP contribution is 2.29. The van der Waals surface area contributed by atoms with Crippen LogP contribution in [-0.2, 0) is 4.79 Å². The lowest BCUT2D eigenvalue weighted by Gasteiger charge is -2.35. The second-order valence-corrected chi connectivity index (χ2v) is 7.31. The topological polar surface area (TPSA) is 50.8 Å².